The average molecular weight is 378 g/mol. The van der Waals surface area contributed by atoms with Gasteiger partial charge >= 0.3 is 5.97 Å². The Morgan fingerprint density at radius 3 is 2.62 bits per heavy atom. The lowest BCUT2D eigenvalue weighted by Gasteiger charge is -2.23. The Balaban J connectivity index is 1.53. The van der Waals surface area contributed by atoms with E-state index in [4.69, 9.17) is 4.74 Å². The van der Waals surface area contributed by atoms with Crippen molar-refractivity contribution in [2.75, 3.05) is 18.1 Å². The molecule has 1 amide bonds. The number of amides is 1. The van der Waals surface area contributed by atoms with Gasteiger partial charge in [0.2, 0.25) is 0 Å². The fourth-order valence-electron chi connectivity index (χ4n) is 2.79. The summed E-state index contributed by atoms with van der Waals surface area (Å²) in [5.41, 5.74) is 0.199. The molecule has 2 aromatic rings. The summed E-state index contributed by atoms with van der Waals surface area (Å²) in [5, 5.41) is 6.61. The molecule has 0 saturated carbocycles. The SMILES string of the molecule is C[C@]1(NC(=O)COC(=O)c2ccc(-n3cncn3)cc2)CCS(=O)(=O)C1. The van der Waals surface area contributed by atoms with Crippen molar-refractivity contribution >= 4 is 21.7 Å². The molecule has 1 fully saturated rings. The fourth-order valence-corrected chi connectivity index (χ4v) is 4.88. The minimum absolute atomic E-state index is 0.0433. The molecule has 0 bridgehead atoms. The zero-order valence-electron chi connectivity index (χ0n) is 14.1. The quantitative estimate of drug-likeness (QED) is 0.734. The molecule has 0 unspecified atom stereocenters. The minimum atomic E-state index is -3.13. The van der Waals surface area contributed by atoms with E-state index in [0.717, 1.165) is 5.69 Å². The largest absolute Gasteiger partial charge is 0.452 e. The van der Waals surface area contributed by atoms with Crippen molar-refractivity contribution in [2.24, 2.45) is 0 Å². The van der Waals surface area contributed by atoms with Crippen LogP contribution in [-0.4, -0.2) is 58.7 Å². The highest BCUT2D eigenvalue weighted by molar-refractivity contribution is 7.91. The molecular formula is C16H18N4O5S. The number of carbonyl (C=O) groups is 2. The van der Waals surface area contributed by atoms with E-state index in [0.29, 0.717) is 6.42 Å². The van der Waals surface area contributed by atoms with Crippen molar-refractivity contribution in [3.63, 3.8) is 0 Å². The number of nitrogens with zero attached hydrogens (tertiary/aromatic N) is 3. The van der Waals surface area contributed by atoms with Crippen LogP contribution in [0.25, 0.3) is 5.69 Å². The maximum atomic E-state index is 12.0. The van der Waals surface area contributed by atoms with Crippen LogP contribution in [0.15, 0.2) is 36.9 Å². The number of sulfone groups is 1. The van der Waals surface area contributed by atoms with E-state index in [1.807, 2.05) is 0 Å². The summed E-state index contributed by atoms with van der Waals surface area (Å²) < 4.78 is 29.6. The van der Waals surface area contributed by atoms with Crippen molar-refractivity contribution in [2.45, 2.75) is 18.9 Å². The molecule has 26 heavy (non-hydrogen) atoms. The molecule has 0 aliphatic carbocycles. The van der Waals surface area contributed by atoms with E-state index in [9.17, 15) is 18.0 Å². The second kappa shape index (κ2) is 6.87. The number of benzene rings is 1. The summed E-state index contributed by atoms with van der Waals surface area (Å²) in [6, 6.07) is 6.47. The van der Waals surface area contributed by atoms with Gasteiger partial charge in [-0.1, -0.05) is 0 Å². The Morgan fingerprint density at radius 1 is 1.31 bits per heavy atom. The zero-order valence-corrected chi connectivity index (χ0v) is 14.9. The van der Waals surface area contributed by atoms with Crippen molar-refractivity contribution in [1.29, 1.82) is 0 Å². The van der Waals surface area contributed by atoms with Gasteiger partial charge in [0, 0.05) is 0 Å². The number of hydrogen-bond acceptors (Lipinski definition) is 7. The van der Waals surface area contributed by atoms with Crippen LogP contribution >= 0.6 is 0 Å². The smallest absolute Gasteiger partial charge is 0.338 e. The second-order valence-corrected chi connectivity index (χ2v) is 8.60. The lowest BCUT2D eigenvalue weighted by atomic mass is 10.0. The molecule has 1 aromatic carbocycles. The van der Waals surface area contributed by atoms with Gasteiger partial charge in [-0.25, -0.2) is 22.9 Å². The zero-order chi connectivity index (χ0) is 18.8. The van der Waals surface area contributed by atoms with Gasteiger partial charge in [-0.2, -0.15) is 5.10 Å². The van der Waals surface area contributed by atoms with Gasteiger partial charge < -0.3 is 10.1 Å². The maximum Gasteiger partial charge on any atom is 0.338 e. The molecule has 1 aliphatic heterocycles. The third-order valence-electron chi connectivity index (χ3n) is 4.07. The van der Waals surface area contributed by atoms with Gasteiger partial charge in [0.15, 0.2) is 16.4 Å². The van der Waals surface area contributed by atoms with E-state index < -0.39 is 33.9 Å². The molecular weight excluding hydrogens is 360 g/mol. The first-order chi connectivity index (χ1) is 12.3. The van der Waals surface area contributed by atoms with Gasteiger partial charge in [-0.15, -0.1) is 0 Å². The summed E-state index contributed by atoms with van der Waals surface area (Å²) in [6.07, 6.45) is 3.27. The van der Waals surface area contributed by atoms with Crippen LogP contribution in [0.1, 0.15) is 23.7 Å². The summed E-state index contributed by atoms with van der Waals surface area (Å²) in [6.45, 7) is 1.19. The molecule has 0 spiro atoms. The highest BCUT2D eigenvalue weighted by Gasteiger charge is 2.39. The van der Waals surface area contributed by atoms with Gasteiger partial charge in [0.1, 0.15) is 12.7 Å². The number of carbonyl (C=O) groups excluding carboxylic acids is 2. The lowest BCUT2D eigenvalue weighted by Crippen LogP contribution is -2.48. The monoisotopic (exact) mass is 378 g/mol. The number of aromatic nitrogens is 3. The predicted molar refractivity (Wildman–Crippen MR) is 91.5 cm³/mol. The number of esters is 1. The Labute approximate surface area is 150 Å². The maximum absolute atomic E-state index is 12.0. The molecule has 0 radical (unpaired) electrons. The number of ether oxygens (including phenoxy) is 1. The average Bonchev–Trinajstić information content (AvgIpc) is 3.21. The van der Waals surface area contributed by atoms with Crippen LogP contribution in [0.5, 0.6) is 0 Å². The third-order valence-corrected chi connectivity index (χ3v) is 5.97. The molecule has 1 N–H and O–H groups in total. The Hall–Kier alpha value is -2.75. The van der Waals surface area contributed by atoms with Crippen LogP contribution in [0.4, 0.5) is 0 Å². The van der Waals surface area contributed by atoms with Gasteiger partial charge in [-0.05, 0) is 37.6 Å². The molecule has 3 rings (SSSR count). The van der Waals surface area contributed by atoms with Crippen molar-refractivity contribution < 1.29 is 22.7 Å². The molecule has 1 aliphatic rings. The summed E-state index contributed by atoms with van der Waals surface area (Å²) in [4.78, 5) is 27.8. The highest BCUT2D eigenvalue weighted by Crippen LogP contribution is 2.22. The normalized spacial score (nSPS) is 21.3. The minimum Gasteiger partial charge on any atom is -0.452 e. The number of rotatable bonds is 5. The number of nitrogens with one attached hydrogen (secondary N) is 1. The lowest BCUT2D eigenvalue weighted by molar-refractivity contribution is -0.125. The summed E-state index contributed by atoms with van der Waals surface area (Å²) in [7, 11) is -3.13. The van der Waals surface area contributed by atoms with E-state index in [2.05, 4.69) is 15.4 Å². The van der Waals surface area contributed by atoms with Crippen LogP contribution in [0.2, 0.25) is 0 Å². The molecule has 1 aromatic heterocycles. The van der Waals surface area contributed by atoms with E-state index in [1.165, 1.54) is 12.7 Å². The standard InChI is InChI=1S/C16H18N4O5S/c1-16(6-7-26(23,24)9-16)19-14(21)8-25-15(22)12-2-4-13(5-3-12)20-11-17-10-18-20/h2-5,10-11H,6-9H2,1H3,(H,19,21)/t16-/m0/s1. The van der Waals surface area contributed by atoms with Crippen LogP contribution in [0.3, 0.4) is 0 Å². The van der Waals surface area contributed by atoms with Gasteiger partial charge in [-0.3, -0.25) is 4.79 Å². The van der Waals surface area contributed by atoms with Crippen molar-refractivity contribution in [3.05, 3.63) is 42.5 Å². The van der Waals surface area contributed by atoms with Crippen molar-refractivity contribution in [3.8, 4) is 5.69 Å². The van der Waals surface area contributed by atoms with E-state index in [-0.39, 0.29) is 17.1 Å². The molecule has 1 saturated heterocycles. The Kier molecular flexibility index (Phi) is 4.77. The summed E-state index contributed by atoms with van der Waals surface area (Å²) >= 11 is 0. The first kappa shape index (κ1) is 18.1. The van der Waals surface area contributed by atoms with Crippen LogP contribution in [-0.2, 0) is 19.4 Å². The molecule has 2 heterocycles. The molecule has 138 valence electrons. The Bertz CT molecular complexity index is 909. The van der Waals surface area contributed by atoms with Crippen LogP contribution < -0.4 is 5.32 Å². The second-order valence-electron chi connectivity index (χ2n) is 6.41. The fraction of sp³-hybridized carbons (Fsp3) is 0.375. The van der Waals surface area contributed by atoms with E-state index in [1.54, 1.807) is 35.9 Å². The Morgan fingerprint density at radius 2 is 2.04 bits per heavy atom. The topological polar surface area (TPSA) is 120 Å². The van der Waals surface area contributed by atoms with E-state index >= 15 is 0 Å². The predicted octanol–water partition coefficient (Wildman–Crippen LogP) is 0.117. The first-order valence-corrected chi connectivity index (χ1v) is 9.72. The van der Waals surface area contributed by atoms with Gasteiger partial charge in [0.25, 0.3) is 5.91 Å². The van der Waals surface area contributed by atoms with Gasteiger partial charge in [0.05, 0.1) is 28.3 Å². The highest BCUT2D eigenvalue weighted by atomic mass is 32.2. The molecule has 9 nitrogen and oxygen atoms in total. The van der Waals surface area contributed by atoms with Crippen LogP contribution in [0, 0.1) is 0 Å². The number of hydrogen-bond donors (Lipinski definition) is 1. The van der Waals surface area contributed by atoms with Crippen molar-refractivity contribution in [1.82, 2.24) is 20.1 Å². The summed E-state index contributed by atoms with van der Waals surface area (Å²) in [5.74, 6) is -1.24. The third kappa shape index (κ3) is 4.26. The first-order valence-electron chi connectivity index (χ1n) is 7.90. The molecule has 10 heteroatoms. The molecule has 1 atom stereocenters.